The maximum atomic E-state index is 9.32. The Kier molecular flexibility index (Phi) is 3.62. The molecule has 0 aliphatic heterocycles. The first-order valence-electron chi connectivity index (χ1n) is 6.91. The minimum absolute atomic E-state index is 0.0284. The second-order valence-electron chi connectivity index (χ2n) is 5.04. The molecule has 2 aromatic carbocycles. The van der Waals surface area contributed by atoms with Crippen LogP contribution in [-0.4, -0.2) is 21.8 Å². The number of aliphatic hydroxyl groups is 1. The lowest BCUT2D eigenvalue weighted by Gasteiger charge is -2.12. The van der Waals surface area contributed by atoms with Crippen LogP contribution >= 0.6 is 0 Å². The van der Waals surface area contributed by atoms with Gasteiger partial charge in [0.2, 0.25) is 0 Å². The fraction of sp³-hybridized carbons (Fsp3) is 0.235. The number of aryl methyl sites for hydroxylation is 1. The molecule has 0 aliphatic rings. The van der Waals surface area contributed by atoms with Gasteiger partial charge in [0.1, 0.15) is 11.6 Å². The molecule has 1 N–H and O–H groups in total. The lowest BCUT2D eigenvalue weighted by atomic mass is 10.1. The van der Waals surface area contributed by atoms with Gasteiger partial charge in [-0.3, -0.25) is 0 Å². The molecule has 0 aliphatic carbocycles. The van der Waals surface area contributed by atoms with Crippen LogP contribution in [-0.2, 0) is 13.2 Å². The number of aromatic nitrogens is 2. The minimum Gasteiger partial charge on any atom is -0.496 e. The Morgan fingerprint density at radius 3 is 2.76 bits per heavy atom. The van der Waals surface area contributed by atoms with Gasteiger partial charge in [-0.15, -0.1) is 0 Å². The van der Waals surface area contributed by atoms with Gasteiger partial charge >= 0.3 is 0 Å². The van der Waals surface area contributed by atoms with Crippen LogP contribution < -0.4 is 4.74 Å². The van der Waals surface area contributed by atoms with Crippen molar-refractivity contribution in [2.24, 2.45) is 0 Å². The van der Waals surface area contributed by atoms with Gasteiger partial charge in [-0.1, -0.05) is 18.2 Å². The SMILES string of the molecule is COc1ccc(CO)cc1Cn1c(C)nc2ccccc21. The van der Waals surface area contributed by atoms with E-state index in [-0.39, 0.29) is 6.61 Å². The van der Waals surface area contributed by atoms with E-state index < -0.39 is 0 Å². The van der Waals surface area contributed by atoms with Crippen molar-refractivity contribution < 1.29 is 9.84 Å². The molecule has 1 aromatic heterocycles. The molecule has 4 nitrogen and oxygen atoms in total. The number of benzene rings is 2. The molecular formula is C17H18N2O2. The summed E-state index contributed by atoms with van der Waals surface area (Å²) in [5.74, 6) is 1.79. The van der Waals surface area contributed by atoms with E-state index in [1.807, 2.05) is 43.3 Å². The summed E-state index contributed by atoms with van der Waals surface area (Å²) < 4.78 is 7.59. The summed E-state index contributed by atoms with van der Waals surface area (Å²) in [5.41, 5.74) is 4.02. The first-order valence-corrected chi connectivity index (χ1v) is 6.91. The van der Waals surface area contributed by atoms with Gasteiger partial charge in [0.05, 0.1) is 31.3 Å². The number of fused-ring (bicyclic) bond motifs is 1. The summed E-state index contributed by atoms with van der Waals surface area (Å²) in [6.45, 7) is 2.70. The molecule has 0 unspecified atom stereocenters. The predicted octanol–water partition coefficient (Wildman–Crippen LogP) is 2.89. The third-order valence-corrected chi connectivity index (χ3v) is 3.70. The highest BCUT2D eigenvalue weighted by molar-refractivity contribution is 5.76. The van der Waals surface area contributed by atoms with Crippen LogP contribution in [0.3, 0.4) is 0 Å². The molecule has 0 amide bonds. The molecule has 0 atom stereocenters. The van der Waals surface area contributed by atoms with Crippen LogP contribution in [0.4, 0.5) is 0 Å². The summed E-state index contributed by atoms with van der Waals surface area (Å²) in [6.07, 6.45) is 0. The van der Waals surface area contributed by atoms with Gasteiger partial charge in [0.15, 0.2) is 0 Å². The molecule has 0 bridgehead atoms. The van der Waals surface area contributed by atoms with Crippen LogP contribution in [0.1, 0.15) is 17.0 Å². The molecule has 3 aromatic rings. The Morgan fingerprint density at radius 2 is 2.00 bits per heavy atom. The molecule has 4 heteroatoms. The Balaban J connectivity index is 2.08. The number of methoxy groups -OCH3 is 1. The van der Waals surface area contributed by atoms with Crippen molar-refractivity contribution in [2.45, 2.75) is 20.1 Å². The van der Waals surface area contributed by atoms with E-state index in [4.69, 9.17) is 4.74 Å². The van der Waals surface area contributed by atoms with Crippen molar-refractivity contribution in [2.75, 3.05) is 7.11 Å². The van der Waals surface area contributed by atoms with Crippen molar-refractivity contribution in [3.63, 3.8) is 0 Å². The summed E-state index contributed by atoms with van der Waals surface area (Å²) >= 11 is 0. The maximum Gasteiger partial charge on any atom is 0.123 e. The van der Waals surface area contributed by atoms with E-state index in [0.29, 0.717) is 6.54 Å². The van der Waals surface area contributed by atoms with Crippen molar-refractivity contribution >= 4 is 11.0 Å². The monoisotopic (exact) mass is 282 g/mol. The van der Waals surface area contributed by atoms with Crippen LogP contribution in [0.15, 0.2) is 42.5 Å². The van der Waals surface area contributed by atoms with Gasteiger partial charge < -0.3 is 14.4 Å². The number of aliphatic hydroxyl groups excluding tert-OH is 1. The Morgan fingerprint density at radius 1 is 1.19 bits per heavy atom. The lowest BCUT2D eigenvalue weighted by molar-refractivity contribution is 0.281. The molecule has 1 heterocycles. The number of para-hydroxylation sites is 2. The average molecular weight is 282 g/mol. The molecule has 108 valence electrons. The number of ether oxygens (including phenoxy) is 1. The Hall–Kier alpha value is -2.33. The Bertz CT molecular complexity index is 778. The third-order valence-electron chi connectivity index (χ3n) is 3.70. The standard InChI is InChI=1S/C17H18N2O2/c1-12-18-15-5-3-4-6-16(15)19(12)10-14-9-13(11-20)7-8-17(14)21-2/h3-9,20H,10-11H2,1-2H3. The highest BCUT2D eigenvalue weighted by Gasteiger charge is 2.10. The average Bonchev–Trinajstić information content (AvgIpc) is 2.83. The first-order chi connectivity index (χ1) is 10.2. The van der Waals surface area contributed by atoms with Crippen LogP contribution in [0.2, 0.25) is 0 Å². The second-order valence-corrected chi connectivity index (χ2v) is 5.04. The molecule has 0 saturated carbocycles. The summed E-state index contributed by atoms with van der Waals surface area (Å²) in [7, 11) is 1.66. The van der Waals surface area contributed by atoms with Gasteiger partial charge in [-0.05, 0) is 36.8 Å². The molecular weight excluding hydrogens is 264 g/mol. The quantitative estimate of drug-likeness (QED) is 0.800. The largest absolute Gasteiger partial charge is 0.496 e. The van der Waals surface area contributed by atoms with Crippen LogP contribution in [0, 0.1) is 6.92 Å². The third kappa shape index (κ3) is 2.50. The number of rotatable bonds is 4. The van der Waals surface area contributed by atoms with E-state index in [0.717, 1.165) is 33.7 Å². The van der Waals surface area contributed by atoms with E-state index in [9.17, 15) is 5.11 Å². The maximum absolute atomic E-state index is 9.32. The summed E-state index contributed by atoms with van der Waals surface area (Å²) in [4.78, 5) is 4.58. The topological polar surface area (TPSA) is 47.3 Å². The van der Waals surface area contributed by atoms with E-state index in [1.165, 1.54) is 0 Å². The molecule has 0 spiro atoms. The molecule has 3 rings (SSSR count). The molecule has 0 fully saturated rings. The number of nitrogens with zero attached hydrogens (tertiary/aromatic N) is 2. The zero-order valence-corrected chi connectivity index (χ0v) is 12.2. The van der Waals surface area contributed by atoms with E-state index in [1.54, 1.807) is 7.11 Å². The van der Waals surface area contributed by atoms with Gasteiger partial charge in [0, 0.05) is 5.56 Å². The van der Waals surface area contributed by atoms with Crippen molar-refractivity contribution in [3.05, 3.63) is 59.4 Å². The molecule has 0 radical (unpaired) electrons. The summed E-state index contributed by atoms with van der Waals surface area (Å²) in [6, 6.07) is 13.8. The van der Waals surface area contributed by atoms with E-state index >= 15 is 0 Å². The lowest BCUT2D eigenvalue weighted by Crippen LogP contribution is -2.04. The number of imidazole rings is 1. The Labute approximate surface area is 123 Å². The first kappa shape index (κ1) is 13.6. The molecule has 0 saturated heterocycles. The fourth-order valence-electron chi connectivity index (χ4n) is 2.62. The second kappa shape index (κ2) is 5.58. The number of hydrogen-bond acceptors (Lipinski definition) is 3. The zero-order chi connectivity index (χ0) is 14.8. The van der Waals surface area contributed by atoms with Crippen LogP contribution in [0.5, 0.6) is 5.75 Å². The number of hydrogen-bond donors (Lipinski definition) is 1. The smallest absolute Gasteiger partial charge is 0.123 e. The summed E-state index contributed by atoms with van der Waals surface area (Å²) in [5, 5.41) is 9.32. The van der Waals surface area contributed by atoms with Crippen molar-refractivity contribution in [1.82, 2.24) is 9.55 Å². The molecule has 21 heavy (non-hydrogen) atoms. The van der Waals surface area contributed by atoms with Gasteiger partial charge in [0.25, 0.3) is 0 Å². The predicted molar refractivity (Wildman–Crippen MR) is 82.5 cm³/mol. The van der Waals surface area contributed by atoms with Crippen molar-refractivity contribution in [3.8, 4) is 5.75 Å². The highest BCUT2D eigenvalue weighted by atomic mass is 16.5. The normalized spacial score (nSPS) is 11.0. The zero-order valence-electron chi connectivity index (χ0n) is 12.2. The van der Waals surface area contributed by atoms with Crippen LogP contribution in [0.25, 0.3) is 11.0 Å². The van der Waals surface area contributed by atoms with Crippen molar-refractivity contribution in [1.29, 1.82) is 0 Å². The highest BCUT2D eigenvalue weighted by Crippen LogP contribution is 2.24. The minimum atomic E-state index is 0.0284. The van der Waals surface area contributed by atoms with Gasteiger partial charge in [-0.25, -0.2) is 4.98 Å². The van der Waals surface area contributed by atoms with E-state index in [2.05, 4.69) is 15.6 Å². The van der Waals surface area contributed by atoms with Gasteiger partial charge in [-0.2, -0.15) is 0 Å². The fourth-order valence-corrected chi connectivity index (χ4v) is 2.62.